The number of allylic oxidation sites excluding steroid dienone is 1. The van der Waals surface area contributed by atoms with E-state index in [4.69, 9.17) is 5.11 Å². The van der Waals surface area contributed by atoms with Gasteiger partial charge in [0.2, 0.25) is 5.83 Å². The first-order chi connectivity index (χ1) is 6.16. The Morgan fingerprint density at radius 2 is 1.92 bits per heavy atom. The summed E-state index contributed by atoms with van der Waals surface area (Å²) in [6.07, 6.45) is 5.86. The molecule has 13 heavy (non-hydrogen) atoms. The number of aliphatic carboxylic acids is 1. The van der Waals surface area contributed by atoms with Gasteiger partial charge in [0.05, 0.1) is 0 Å². The summed E-state index contributed by atoms with van der Waals surface area (Å²) in [5.74, 6) is -2.27. The van der Waals surface area contributed by atoms with Crippen molar-refractivity contribution in [2.24, 2.45) is 5.41 Å². The van der Waals surface area contributed by atoms with Crippen LogP contribution in [0.1, 0.15) is 38.5 Å². The predicted octanol–water partition coefficient (Wildman–Crippen LogP) is 2.65. The van der Waals surface area contributed by atoms with Gasteiger partial charge in [-0.05, 0) is 36.7 Å². The van der Waals surface area contributed by atoms with E-state index in [9.17, 15) is 9.18 Å². The van der Waals surface area contributed by atoms with Crippen LogP contribution in [0.5, 0.6) is 0 Å². The molecular weight excluding hydrogens is 171 g/mol. The molecule has 0 unspecified atom stereocenters. The SMILES string of the molecule is O=C(O)/C(F)=C1\CCC12CCCC2. The summed E-state index contributed by atoms with van der Waals surface area (Å²) in [6.45, 7) is 0. The molecule has 0 atom stereocenters. The molecule has 2 nitrogen and oxygen atoms in total. The van der Waals surface area contributed by atoms with Crippen molar-refractivity contribution >= 4 is 5.97 Å². The standard InChI is InChI=1S/C10H13FO2/c11-8(9(12)13)7-3-6-10(7)4-1-2-5-10/h1-6H2,(H,12,13)/b8-7-. The summed E-state index contributed by atoms with van der Waals surface area (Å²) in [6, 6.07) is 0. The highest BCUT2D eigenvalue weighted by molar-refractivity contribution is 5.85. The van der Waals surface area contributed by atoms with Crippen molar-refractivity contribution < 1.29 is 14.3 Å². The van der Waals surface area contributed by atoms with Crippen LogP contribution in [0.4, 0.5) is 4.39 Å². The van der Waals surface area contributed by atoms with Crippen molar-refractivity contribution in [3.8, 4) is 0 Å². The molecule has 3 heteroatoms. The molecule has 1 spiro atoms. The summed E-state index contributed by atoms with van der Waals surface area (Å²) >= 11 is 0. The van der Waals surface area contributed by atoms with E-state index < -0.39 is 11.8 Å². The second-order valence-corrected chi connectivity index (χ2v) is 4.09. The number of carboxylic acids is 1. The molecule has 0 aliphatic heterocycles. The van der Waals surface area contributed by atoms with Crippen molar-refractivity contribution in [2.75, 3.05) is 0 Å². The van der Waals surface area contributed by atoms with E-state index in [0.717, 1.165) is 32.1 Å². The van der Waals surface area contributed by atoms with Crippen LogP contribution in [0.3, 0.4) is 0 Å². The van der Waals surface area contributed by atoms with Crippen LogP contribution in [0.25, 0.3) is 0 Å². The van der Waals surface area contributed by atoms with Crippen LogP contribution in [-0.2, 0) is 4.79 Å². The fraction of sp³-hybridized carbons (Fsp3) is 0.700. The van der Waals surface area contributed by atoms with E-state index in [-0.39, 0.29) is 5.41 Å². The predicted molar refractivity (Wildman–Crippen MR) is 45.9 cm³/mol. The van der Waals surface area contributed by atoms with Crippen LogP contribution in [-0.4, -0.2) is 11.1 Å². The van der Waals surface area contributed by atoms with Gasteiger partial charge in [0.1, 0.15) is 0 Å². The van der Waals surface area contributed by atoms with E-state index in [1.807, 2.05) is 0 Å². The third kappa shape index (κ3) is 1.18. The number of halogens is 1. The zero-order chi connectivity index (χ0) is 9.47. The minimum Gasteiger partial charge on any atom is -0.476 e. The molecule has 0 saturated heterocycles. The van der Waals surface area contributed by atoms with Crippen LogP contribution in [0.2, 0.25) is 0 Å². The van der Waals surface area contributed by atoms with E-state index in [1.54, 1.807) is 0 Å². The van der Waals surface area contributed by atoms with Gasteiger partial charge in [-0.1, -0.05) is 12.8 Å². The van der Waals surface area contributed by atoms with Gasteiger partial charge >= 0.3 is 5.97 Å². The highest BCUT2D eigenvalue weighted by Crippen LogP contribution is 2.58. The van der Waals surface area contributed by atoms with E-state index in [2.05, 4.69) is 0 Å². The van der Waals surface area contributed by atoms with E-state index >= 15 is 0 Å². The largest absolute Gasteiger partial charge is 0.476 e. The lowest BCUT2D eigenvalue weighted by Crippen LogP contribution is -2.31. The normalized spacial score (nSPS) is 28.7. The molecule has 0 amide bonds. The van der Waals surface area contributed by atoms with Gasteiger partial charge in [-0.25, -0.2) is 4.79 Å². The van der Waals surface area contributed by atoms with Crippen molar-refractivity contribution in [1.82, 2.24) is 0 Å². The maximum Gasteiger partial charge on any atom is 0.364 e. The van der Waals surface area contributed by atoms with Crippen LogP contribution in [0.15, 0.2) is 11.4 Å². The summed E-state index contributed by atoms with van der Waals surface area (Å²) in [5, 5.41) is 8.53. The molecule has 0 aromatic heterocycles. The Morgan fingerprint density at radius 1 is 1.31 bits per heavy atom. The molecule has 0 radical (unpaired) electrons. The monoisotopic (exact) mass is 184 g/mol. The Labute approximate surface area is 76.4 Å². The van der Waals surface area contributed by atoms with Gasteiger partial charge < -0.3 is 5.11 Å². The molecule has 2 fully saturated rings. The minimum absolute atomic E-state index is 0.0392. The number of rotatable bonds is 1. The van der Waals surface area contributed by atoms with Gasteiger partial charge in [-0.15, -0.1) is 0 Å². The Kier molecular flexibility index (Phi) is 1.90. The molecule has 2 saturated carbocycles. The topological polar surface area (TPSA) is 37.3 Å². The van der Waals surface area contributed by atoms with E-state index in [0.29, 0.717) is 12.0 Å². The molecule has 0 heterocycles. The molecule has 0 aromatic carbocycles. The first kappa shape index (κ1) is 8.73. The molecule has 2 rings (SSSR count). The zero-order valence-electron chi connectivity index (χ0n) is 7.48. The Morgan fingerprint density at radius 3 is 2.31 bits per heavy atom. The maximum absolute atomic E-state index is 13.1. The number of carboxylic acid groups (broad SMARTS) is 1. The molecule has 1 N–H and O–H groups in total. The van der Waals surface area contributed by atoms with Crippen LogP contribution < -0.4 is 0 Å². The lowest BCUT2D eigenvalue weighted by molar-refractivity contribution is -0.134. The fourth-order valence-electron chi connectivity index (χ4n) is 2.68. The Balaban J connectivity index is 2.26. The Bertz CT molecular complexity index is 275. The zero-order valence-corrected chi connectivity index (χ0v) is 7.48. The quantitative estimate of drug-likeness (QED) is 0.636. The molecular formula is C10H13FO2. The highest BCUT2D eigenvalue weighted by Gasteiger charge is 2.46. The van der Waals surface area contributed by atoms with Crippen molar-refractivity contribution in [3.05, 3.63) is 11.4 Å². The summed E-state index contributed by atoms with van der Waals surface area (Å²) in [5.41, 5.74) is 0.542. The van der Waals surface area contributed by atoms with Gasteiger partial charge in [0.15, 0.2) is 0 Å². The smallest absolute Gasteiger partial charge is 0.364 e. The highest BCUT2D eigenvalue weighted by atomic mass is 19.1. The van der Waals surface area contributed by atoms with Crippen LogP contribution >= 0.6 is 0 Å². The third-order valence-electron chi connectivity index (χ3n) is 3.51. The number of carbonyl (C=O) groups is 1. The van der Waals surface area contributed by atoms with Gasteiger partial charge in [0, 0.05) is 0 Å². The molecule has 72 valence electrons. The first-order valence-electron chi connectivity index (χ1n) is 4.78. The summed E-state index contributed by atoms with van der Waals surface area (Å²) in [4.78, 5) is 10.4. The van der Waals surface area contributed by atoms with Crippen LogP contribution in [0, 0.1) is 5.41 Å². The van der Waals surface area contributed by atoms with Gasteiger partial charge in [0.25, 0.3) is 0 Å². The fourth-order valence-corrected chi connectivity index (χ4v) is 2.68. The van der Waals surface area contributed by atoms with Gasteiger partial charge in [-0.2, -0.15) is 4.39 Å². The number of hydrogen-bond acceptors (Lipinski definition) is 1. The molecule has 0 aromatic rings. The number of hydrogen-bond donors (Lipinski definition) is 1. The minimum atomic E-state index is -1.39. The maximum atomic E-state index is 13.1. The van der Waals surface area contributed by atoms with Crippen molar-refractivity contribution in [2.45, 2.75) is 38.5 Å². The lowest BCUT2D eigenvalue weighted by Gasteiger charge is -2.41. The van der Waals surface area contributed by atoms with Gasteiger partial charge in [-0.3, -0.25) is 0 Å². The summed E-state index contributed by atoms with van der Waals surface area (Å²) in [7, 11) is 0. The average Bonchev–Trinajstić information content (AvgIpc) is 2.52. The third-order valence-corrected chi connectivity index (χ3v) is 3.51. The first-order valence-corrected chi connectivity index (χ1v) is 4.78. The lowest BCUT2D eigenvalue weighted by atomic mass is 9.63. The van der Waals surface area contributed by atoms with Crippen molar-refractivity contribution in [3.63, 3.8) is 0 Å². The van der Waals surface area contributed by atoms with Crippen molar-refractivity contribution in [1.29, 1.82) is 0 Å². The second kappa shape index (κ2) is 2.82. The summed E-state index contributed by atoms with van der Waals surface area (Å²) < 4.78 is 13.1. The Hall–Kier alpha value is -0.860. The molecule has 2 aliphatic rings. The van der Waals surface area contributed by atoms with E-state index in [1.165, 1.54) is 0 Å². The molecule has 2 aliphatic carbocycles. The average molecular weight is 184 g/mol. The molecule has 0 bridgehead atoms. The second-order valence-electron chi connectivity index (χ2n) is 4.09.